The van der Waals surface area contributed by atoms with Crippen LogP contribution in [0.15, 0.2) is 18.2 Å². The first-order chi connectivity index (χ1) is 9.70. The highest BCUT2D eigenvalue weighted by Gasteiger charge is 2.35. The first-order valence-corrected chi connectivity index (χ1v) is 7.64. The maximum atomic E-state index is 14.0. The molecule has 110 valence electrons. The SMILES string of the molecule is Fc1cccc(N2CCCNC3(CCCCC3)C2)c1F. The highest BCUT2D eigenvalue weighted by molar-refractivity contribution is 5.49. The van der Waals surface area contributed by atoms with Crippen LogP contribution in [0.1, 0.15) is 38.5 Å². The van der Waals surface area contributed by atoms with Gasteiger partial charge in [-0.1, -0.05) is 25.3 Å². The van der Waals surface area contributed by atoms with Crippen LogP contribution in [0.3, 0.4) is 0 Å². The second-order valence-electron chi connectivity index (χ2n) is 6.12. The molecule has 2 fully saturated rings. The highest BCUT2D eigenvalue weighted by Crippen LogP contribution is 2.33. The molecule has 2 aliphatic rings. The quantitative estimate of drug-likeness (QED) is 0.847. The normalized spacial score (nSPS) is 22.8. The Labute approximate surface area is 119 Å². The van der Waals surface area contributed by atoms with Gasteiger partial charge < -0.3 is 10.2 Å². The Hall–Kier alpha value is -1.16. The summed E-state index contributed by atoms with van der Waals surface area (Å²) in [5, 5.41) is 3.67. The Morgan fingerprint density at radius 3 is 2.65 bits per heavy atom. The van der Waals surface area contributed by atoms with E-state index >= 15 is 0 Å². The summed E-state index contributed by atoms with van der Waals surface area (Å²) in [5.74, 6) is -1.46. The zero-order chi connectivity index (χ0) is 14.0. The molecule has 20 heavy (non-hydrogen) atoms. The Balaban J connectivity index is 1.86. The molecule has 0 amide bonds. The molecule has 0 aromatic heterocycles. The predicted molar refractivity (Wildman–Crippen MR) is 77.0 cm³/mol. The third-order valence-corrected chi connectivity index (χ3v) is 4.68. The molecular formula is C16H22F2N2. The average Bonchev–Trinajstić information content (AvgIpc) is 2.66. The lowest BCUT2D eigenvalue weighted by Gasteiger charge is -2.40. The van der Waals surface area contributed by atoms with Gasteiger partial charge in [0.25, 0.3) is 0 Å². The van der Waals surface area contributed by atoms with E-state index in [1.54, 1.807) is 12.1 Å². The number of nitrogens with one attached hydrogen (secondary N) is 1. The Morgan fingerprint density at radius 1 is 1.05 bits per heavy atom. The molecule has 0 atom stereocenters. The fourth-order valence-corrected chi connectivity index (χ4v) is 3.63. The van der Waals surface area contributed by atoms with E-state index in [4.69, 9.17) is 0 Å². The molecule has 1 heterocycles. The fourth-order valence-electron chi connectivity index (χ4n) is 3.63. The molecule has 4 heteroatoms. The molecule has 1 saturated heterocycles. The number of halogens is 2. The van der Waals surface area contributed by atoms with Crippen molar-refractivity contribution in [3.63, 3.8) is 0 Å². The summed E-state index contributed by atoms with van der Waals surface area (Å²) in [7, 11) is 0. The number of nitrogens with zero attached hydrogens (tertiary/aromatic N) is 1. The third-order valence-electron chi connectivity index (χ3n) is 4.68. The maximum Gasteiger partial charge on any atom is 0.182 e. The van der Waals surface area contributed by atoms with Crippen molar-refractivity contribution >= 4 is 5.69 Å². The summed E-state index contributed by atoms with van der Waals surface area (Å²) >= 11 is 0. The Bertz CT molecular complexity index is 470. The van der Waals surface area contributed by atoms with Gasteiger partial charge in [-0.3, -0.25) is 0 Å². The van der Waals surface area contributed by atoms with E-state index in [2.05, 4.69) is 5.32 Å². The van der Waals surface area contributed by atoms with Crippen LogP contribution in [-0.4, -0.2) is 25.2 Å². The van der Waals surface area contributed by atoms with Crippen molar-refractivity contribution in [1.82, 2.24) is 5.32 Å². The molecule has 1 aliphatic heterocycles. The van der Waals surface area contributed by atoms with Gasteiger partial charge in [-0.05, 0) is 37.9 Å². The molecule has 3 rings (SSSR count). The molecular weight excluding hydrogens is 258 g/mol. The van der Waals surface area contributed by atoms with E-state index < -0.39 is 11.6 Å². The number of anilines is 1. The van der Waals surface area contributed by atoms with Gasteiger partial charge in [0.1, 0.15) is 0 Å². The van der Waals surface area contributed by atoms with Crippen LogP contribution in [0, 0.1) is 11.6 Å². The van der Waals surface area contributed by atoms with Crippen LogP contribution < -0.4 is 10.2 Å². The molecule has 1 N–H and O–H groups in total. The van der Waals surface area contributed by atoms with Gasteiger partial charge in [0.05, 0.1) is 5.69 Å². The maximum absolute atomic E-state index is 14.0. The topological polar surface area (TPSA) is 15.3 Å². The minimum Gasteiger partial charge on any atom is -0.367 e. The predicted octanol–water partition coefficient (Wildman–Crippen LogP) is 3.47. The van der Waals surface area contributed by atoms with Crippen LogP contribution in [-0.2, 0) is 0 Å². The van der Waals surface area contributed by atoms with E-state index in [-0.39, 0.29) is 5.54 Å². The highest BCUT2D eigenvalue weighted by atomic mass is 19.2. The lowest BCUT2D eigenvalue weighted by molar-refractivity contribution is 0.246. The number of hydrogen-bond acceptors (Lipinski definition) is 2. The van der Waals surface area contributed by atoms with Gasteiger partial charge in [0.15, 0.2) is 11.6 Å². The van der Waals surface area contributed by atoms with Gasteiger partial charge >= 0.3 is 0 Å². The lowest BCUT2D eigenvalue weighted by Crippen LogP contribution is -2.52. The standard InChI is InChI=1S/C16H22F2N2/c17-13-6-4-7-14(15(13)18)20-11-5-10-19-16(12-20)8-2-1-3-9-16/h4,6-7,19H,1-3,5,8-12H2. The second kappa shape index (κ2) is 5.68. The van der Waals surface area contributed by atoms with Crippen LogP contribution in [0.25, 0.3) is 0 Å². The summed E-state index contributed by atoms with van der Waals surface area (Å²) < 4.78 is 27.5. The van der Waals surface area contributed by atoms with Crippen molar-refractivity contribution in [1.29, 1.82) is 0 Å². The minimum absolute atomic E-state index is 0.0908. The molecule has 1 saturated carbocycles. The lowest BCUT2D eigenvalue weighted by atomic mass is 9.81. The van der Waals surface area contributed by atoms with E-state index in [9.17, 15) is 8.78 Å². The smallest absolute Gasteiger partial charge is 0.182 e. The van der Waals surface area contributed by atoms with Crippen molar-refractivity contribution in [2.24, 2.45) is 0 Å². The van der Waals surface area contributed by atoms with Crippen LogP contribution >= 0.6 is 0 Å². The Kier molecular flexibility index (Phi) is 3.92. The molecule has 0 bridgehead atoms. The van der Waals surface area contributed by atoms with Crippen molar-refractivity contribution in [3.05, 3.63) is 29.8 Å². The van der Waals surface area contributed by atoms with Gasteiger partial charge in [0, 0.05) is 18.6 Å². The molecule has 2 nitrogen and oxygen atoms in total. The largest absolute Gasteiger partial charge is 0.367 e. The van der Waals surface area contributed by atoms with E-state index in [1.165, 1.54) is 25.3 Å². The fraction of sp³-hybridized carbons (Fsp3) is 0.625. The van der Waals surface area contributed by atoms with E-state index in [0.717, 1.165) is 38.9 Å². The van der Waals surface area contributed by atoms with Gasteiger partial charge in [0.2, 0.25) is 0 Å². The minimum atomic E-state index is -0.752. The van der Waals surface area contributed by atoms with Crippen molar-refractivity contribution in [3.8, 4) is 0 Å². The van der Waals surface area contributed by atoms with Crippen molar-refractivity contribution in [2.75, 3.05) is 24.5 Å². The van der Waals surface area contributed by atoms with Crippen LogP contribution in [0.2, 0.25) is 0 Å². The number of hydrogen-bond donors (Lipinski definition) is 1. The molecule has 1 spiro atoms. The second-order valence-corrected chi connectivity index (χ2v) is 6.12. The third kappa shape index (κ3) is 2.66. The number of benzene rings is 1. The van der Waals surface area contributed by atoms with Gasteiger partial charge in [-0.2, -0.15) is 0 Å². The Morgan fingerprint density at radius 2 is 1.85 bits per heavy atom. The summed E-state index contributed by atoms with van der Waals surface area (Å²) in [6, 6.07) is 4.48. The molecule has 1 aliphatic carbocycles. The van der Waals surface area contributed by atoms with Crippen molar-refractivity contribution < 1.29 is 8.78 Å². The first kappa shape index (κ1) is 13.8. The van der Waals surface area contributed by atoms with E-state index in [1.807, 2.05) is 4.90 Å². The monoisotopic (exact) mass is 280 g/mol. The zero-order valence-corrected chi connectivity index (χ0v) is 11.8. The molecule has 0 radical (unpaired) electrons. The first-order valence-electron chi connectivity index (χ1n) is 7.64. The summed E-state index contributed by atoms with van der Waals surface area (Å²) in [4.78, 5) is 2.03. The van der Waals surface area contributed by atoms with Crippen LogP contribution in [0.5, 0.6) is 0 Å². The van der Waals surface area contributed by atoms with E-state index in [0.29, 0.717) is 5.69 Å². The van der Waals surface area contributed by atoms with Crippen molar-refractivity contribution in [2.45, 2.75) is 44.1 Å². The average molecular weight is 280 g/mol. The molecule has 1 aromatic carbocycles. The number of rotatable bonds is 1. The zero-order valence-electron chi connectivity index (χ0n) is 11.8. The van der Waals surface area contributed by atoms with Crippen LogP contribution in [0.4, 0.5) is 14.5 Å². The summed E-state index contributed by atoms with van der Waals surface area (Å²) in [6.45, 7) is 2.54. The van der Waals surface area contributed by atoms with Gasteiger partial charge in [-0.15, -0.1) is 0 Å². The van der Waals surface area contributed by atoms with Gasteiger partial charge in [-0.25, -0.2) is 8.78 Å². The molecule has 0 unspecified atom stereocenters. The summed E-state index contributed by atoms with van der Waals surface area (Å²) in [5.41, 5.74) is 0.506. The molecule has 1 aromatic rings. The summed E-state index contributed by atoms with van der Waals surface area (Å²) in [6.07, 6.45) is 7.00.